The Morgan fingerprint density at radius 2 is 2.31 bits per heavy atom. The van der Waals surface area contributed by atoms with Gasteiger partial charge >= 0.3 is 0 Å². The van der Waals surface area contributed by atoms with Crippen LogP contribution in [0.15, 0.2) is 15.7 Å². The van der Waals surface area contributed by atoms with Gasteiger partial charge in [-0.3, -0.25) is 0 Å². The van der Waals surface area contributed by atoms with E-state index in [1.165, 1.54) is 0 Å². The Labute approximate surface area is 90.9 Å². The molecule has 1 heterocycles. The number of hydrogen-bond donors (Lipinski definition) is 1. The predicted molar refractivity (Wildman–Crippen MR) is 60.3 cm³/mol. The molecule has 0 fully saturated rings. The lowest BCUT2D eigenvalue weighted by atomic mass is 10.6. The number of nitrogens with zero attached hydrogens (tertiary/aromatic N) is 2. The molecule has 72 valence electrons. The molecule has 0 unspecified atom stereocenters. The average Bonchev–Trinajstić information content (AvgIpc) is 2.12. The van der Waals surface area contributed by atoms with Crippen molar-refractivity contribution in [1.29, 1.82) is 0 Å². The minimum Gasteiger partial charge on any atom is -0.354 e. The van der Waals surface area contributed by atoms with E-state index in [9.17, 15) is 0 Å². The Morgan fingerprint density at radius 1 is 1.54 bits per heavy atom. The third-order valence-electron chi connectivity index (χ3n) is 1.33. The fourth-order valence-electron chi connectivity index (χ4n) is 0.833. The summed E-state index contributed by atoms with van der Waals surface area (Å²) in [5, 5.41) is 4.07. The van der Waals surface area contributed by atoms with Crippen molar-refractivity contribution in [3.05, 3.63) is 10.7 Å². The molecule has 1 aromatic heterocycles. The van der Waals surface area contributed by atoms with Crippen LogP contribution in [0.5, 0.6) is 0 Å². The molecule has 1 aromatic rings. The van der Waals surface area contributed by atoms with E-state index in [-0.39, 0.29) is 0 Å². The van der Waals surface area contributed by atoms with Gasteiger partial charge in [0.1, 0.15) is 5.03 Å². The molecule has 13 heavy (non-hydrogen) atoms. The summed E-state index contributed by atoms with van der Waals surface area (Å²) in [5.74, 6) is 1.71. The Kier molecular flexibility index (Phi) is 4.52. The molecular weight excluding hydrogens is 250 g/mol. The second-order valence-corrected chi connectivity index (χ2v) is 4.42. The molecule has 0 amide bonds. The highest BCUT2D eigenvalue weighted by Gasteiger charge is 2.03. The van der Waals surface area contributed by atoms with E-state index in [0.717, 1.165) is 21.8 Å². The van der Waals surface area contributed by atoms with Crippen LogP contribution in [0.2, 0.25) is 0 Å². The molecule has 0 aliphatic heterocycles. The molecule has 1 N–H and O–H groups in total. The molecule has 0 aliphatic rings. The smallest absolute Gasteiger partial charge is 0.223 e. The van der Waals surface area contributed by atoms with E-state index in [2.05, 4.69) is 38.1 Å². The number of rotatable bonds is 4. The molecule has 5 heteroatoms. The minimum atomic E-state index is 0.696. The van der Waals surface area contributed by atoms with Crippen LogP contribution < -0.4 is 5.32 Å². The zero-order valence-corrected chi connectivity index (χ0v) is 10.1. The van der Waals surface area contributed by atoms with Gasteiger partial charge in [-0.25, -0.2) is 9.97 Å². The Bertz CT molecular complexity index is 280. The fraction of sp³-hybridized carbons (Fsp3) is 0.500. The van der Waals surface area contributed by atoms with Gasteiger partial charge in [0.2, 0.25) is 5.95 Å². The molecule has 0 atom stereocenters. The first kappa shape index (κ1) is 10.8. The van der Waals surface area contributed by atoms with E-state index < -0.39 is 0 Å². The molecule has 3 nitrogen and oxygen atoms in total. The van der Waals surface area contributed by atoms with Gasteiger partial charge in [-0.2, -0.15) is 0 Å². The standard InChI is InChI=1S/C8H12BrN3S/c1-3-10-8-11-5-6(9)7(12-8)13-4-2/h5H,3-4H2,1-2H3,(H,10,11,12). The van der Waals surface area contributed by atoms with Gasteiger partial charge in [0.05, 0.1) is 4.47 Å². The summed E-state index contributed by atoms with van der Waals surface area (Å²) < 4.78 is 0.959. The maximum Gasteiger partial charge on any atom is 0.223 e. The zero-order chi connectivity index (χ0) is 9.68. The van der Waals surface area contributed by atoms with Crippen LogP contribution in [0.25, 0.3) is 0 Å². The first-order chi connectivity index (χ1) is 6.27. The van der Waals surface area contributed by atoms with Gasteiger partial charge in [0.15, 0.2) is 0 Å². The molecule has 0 aromatic carbocycles. The van der Waals surface area contributed by atoms with Crippen molar-refractivity contribution in [3.63, 3.8) is 0 Å². The van der Waals surface area contributed by atoms with Gasteiger partial charge in [-0.15, -0.1) is 11.8 Å². The zero-order valence-electron chi connectivity index (χ0n) is 7.67. The summed E-state index contributed by atoms with van der Waals surface area (Å²) >= 11 is 5.11. The van der Waals surface area contributed by atoms with E-state index in [4.69, 9.17) is 0 Å². The molecule has 0 bridgehead atoms. The third-order valence-corrected chi connectivity index (χ3v) is 3.04. The van der Waals surface area contributed by atoms with E-state index in [1.807, 2.05) is 6.92 Å². The summed E-state index contributed by atoms with van der Waals surface area (Å²) in [7, 11) is 0. The predicted octanol–water partition coefficient (Wildman–Crippen LogP) is 2.78. The molecule has 1 rings (SSSR count). The topological polar surface area (TPSA) is 37.8 Å². The van der Waals surface area contributed by atoms with E-state index in [0.29, 0.717) is 5.95 Å². The Balaban J connectivity index is 2.83. The molecule has 0 spiro atoms. The van der Waals surface area contributed by atoms with Crippen LogP contribution in [-0.4, -0.2) is 22.3 Å². The van der Waals surface area contributed by atoms with Crippen LogP contribution in [0.4, 0.5) is 5.95 Å². The fourth-order valence-corrected chi connectivity index (χ4v) is 1.98. The average molecular weight is 262 g/mol. The minimum absolute atomic E-state index is 0.696. The van der Waals surface area contributed by atoms with Crippen LogP contribution in [0, 0.1) is 0 Å². The number of nitrogens with one attached hydrogen (secondary N) is 1. The van der Waals surface area contributed by atoms with Gasteiger partial charge in [-0.1, -0.05) is 6.92 Å². The first-order valence-electron chi connectivity index (χ1n) is 4.17. The van der Waals surface area contributed by atoms with Crippen molar-refractivity contribution in [3.8, 4) is 0 Å². The summed E-state index contributed by atoms with van der Waals surface area (Å²) in [5.41, 5.74) is 0. The molecule has 0 aliphatic carbocycles. The SMILES string of the molecule is CCNc1ncc(Br)c(SCC)n1. The van der Waals surface area contributed by atoms with Crippen molar-refractivity contribution in [2.45, 2.75) is 18.9 Å². The second kappa shape index (κ2) is 5.44. The molecule has 0 saturated carbocycles. The highest BCUT2D eigenvalue weighted by molar-refractivity contribution is 9.10. The van der Waals surface area contributed by atoms with E-state index in [1.54, 1.807) is 18.0 Å². The van der Waals surface area contributed by atoms with Crippen LogP contribution >= 0.6 is 27.7 Å². The third kappa shape index (κ3) is 3.15. The van der Waals surface area contributed by atoms with Gasteiger partial charge in [0, 0.05) is 12.7 Å². The maximum absolute atomic E-state index is 4.35. The number of thioether (sulfide) groups is 1. The molecule has 0 radical (unpaired) electrons. The maximum atomic E-state index is 4.35. The highest BCUT2D eigenvalue weighted by atomic mass is 79.9. The van der Waals surface area contributed by atoms with Gasteiger partial charge in [0.25, 0.3) is 0 Å². The number of hydrogen-bond acceptors (Lipinski definition) is 4. The second-order valence-electron chi connectivity index (χ2n) is 2.31. The lowest BCUT2D eigenvalue weighted by Crippen LogP contribution is -2.02. The Hall–Kier alpha value is -0.290. The van der Waals surface area contributed by atoms with Gasteiger partial charge < -0.3 is 5.32 Å². The summed E-state index contributed by atoms with van der Waals surface area (Å²) in [4.78, 5) is 8.47. The molecular formula is C8H12BrN3S. The van der Waals surface area contributed by atoms with Crippen molar-refractivity contribution in [2.75, 3.05) is 17.6 Å². The van der Waals surface area contributed by atoms with Crippen LogP contribution in [0.1, 0.15) is 13.8 Å². The number of anilines is 1. The van der Waals surface area contributed by atoms with E-state index >= 15 is 0 Å². The van der Waals surface area contributed by atoms with Crippen LogP contribution in [0.3, 0.4) is 0 Å². The van der Waals surface area contributed by atoms with Crippen LogP contribution in [-0.2, 0) is 0 Å². The number of aromatic nitrogens is 2. The lowest BCUT2D eigenvalue weighted by Gasteiger charge is -2.04. The van der Waals surface area contributed by atoms with Crippen molar-refractivity contribution in [1.82, 2.24) is 9.97 Å². The lowest BCUT2D eigenvalue weighted by molar-refractivity contribution is 0.999. The first-order valence-corrected chi connectivity index (χ1v) is 5.95. The highest BCUT2D eigenvalue weighted by Crippen LogP contribution is 2.25. The largest absolute Gasteiger partial charge is 0.354 e. The molecule has 0 saturated heterocycles. The van der Waals surface area contributed by atoms with Crippen molar-refractivity contribution < 1.29 is 0 Å². The monoisotopic (exact) mass is 261 g/mol. The summed E-state index contributed by atoms with van der Waals surface area (Å²) in [6, 6.07) is 0. The van der Waals surface area contributed by atoms with Gasteiger partial charge in [-0.05, 0) is 28.6 Å². The Morgan fingerprint density at radius 3 is 2.92 bits per heavy atom. The summed E-state index contributed by atoms with van der Waals surface area (Å²) in [6.45, 7) is 4.97. The normalized spacial score (nSPS) is 10.1. The summed E-state index contributed by atoms with van der Waals surface area (Å²) in [6.07, 6.45) is 1.78. The quantitative estimate of drug-likeness (QED) is 0.668. The van der Waals surface area contributed by atoms with Crippen molar-refractivity contribution >= 4 is 33.6 Å². The number of halogens is 1. The van der Waals surface area contributed by atoms with Crippen molar-refractivity contribution in [2.24, 2.45) is 0 Å².